The smallest absolute Gasteiger partial charge is 0.233 e. The Bertz CT molecular complexity index is 484. The number of halogens is 1. The number of amides is 1. The van der Waals surface area contributed by atoms with Crippen molar-refractivity contribution in [3.63, 3.8) is 0 Å². The van der Waals surface area contributed by atoms with Crippen LogP contribution in [0.2, 0.25) is 5.02 Å². The summed E-state index contributed by atoms with van der Waals surface area (Å²) in [5.41, 5.74) is 1.01. The third-order valence-electron chi connectivity index (χ3n) is 2.90. The quantitative estimate of drug-likeness (QED) is 0.813. The average molecular weight is 236 g/mol. The Morgan fingerprint density at radius 3 is 3.00 bits per heavy atom. The lowest BCUT2D eigenvalue weighted by atomic mass is 9.78. The summed E-state index contributed by atoms with van der Waals surface area (Å²) in [5, 5.41) is 3.46. The molecule has 1 aliphatic heterocycles. The zero-order chi connectivity index (χ0) is 11.1. The molecule has 1 aromatic rings. The molecule has 0 radical (unpaired) electrons. The number of carbonyl (C=O) groups is 1. The molecule has 1 amide bonds. The molecule has 0 aromatic heterocycles. The highest BCUT2D eigenvalue weighted by molar-refractivity contribution is 6.30. The van der Waals surface area contributed by atoms with Gasteiger partial charge in [0.15, 0.2) is 0 Å². The van der Waals surface area contributed by atoms with Crippen LogP contribution < -0.4 is 5.32 Å². The molecule has 3 rings (SSSR count). The lowest BCUT2D eigenvalue weighted by molar-refractivity contribution is -0.136. The SMILES string of the molecule is O=C1N[C@H]2C=C(OCc3cccc(Cl)c3)[C@@H]12. The second-order valence-electron chi connectivity index (χ2n) is 4.00. The molecule has 4 heteroatoms. The summed E-state index contributed by atoms with van der Waals surface area (Å²) in [5.74, 6) is 0.807. The van der Waals surface area contributed by atoms with Crippen molar-refractivity contribution < 1.29 is 9.53 Å². The molecule has 1 heterocycles. The van der Waals surface area contributed by atoms with Crippen LogP contribution in [0.1, 0.15) is 5.56 Å². The Hall–Kier alpha value is -1.48. The van der Waals surface area contributed by atoms with E-state index in [4.69, 9.17) is 16.3 Å². The van der Waals surface area contributed by atoms with E-state index in [2.05, 4.69) is 5.32 Å². The number of ether oxygens (including phenoxy) is 1. The minimum Gasteiger partial charge on any atom is -0.493 e. The first-order valence-corrected chi connectivity index (χ1v) is 5.51. The van der Waals surface area contributed by atoms with Gasteiger partial charge in [0.25, 0.3) is 0 Å². The van der Waals surface area contributed by atoms with Gasteiger partial charge in [0, 0.05) is 5.02 Å². The van der Waals surface area contributed by atoms with Crippen molar-refractivity contribution in [2.45, 2.75) is 12.6 Å². The number of rotatable bonds is 3. The highest BCUT2D eigenvalue weighted by atomic mass is 35.5. The zero-order valence-corrected chi connectivity index (χ0v) is 9.20. The van der Waals surface area contributed by atoms with Crippen LogP contribution in [-0.4, -0.2) is 11.9 Å². The fourth-order valence-electron chi connectivity index (χ4n) is 1.94. The number of hydrogen-bond donors (Lipinski definition) is 1. The molecule has 2 aliphatic rings. The maximum absolute atomic E-state index is 11.1. The summed E-state index contributed by atoms with van der Waals surface area (Å²) < 4.78 is 5.56. The van der Waals surface area contributed by atoms with Crippen LogP contribution in [0, 0.1) is 5.92 Å². The number of nitrogens with one attached hydrogen (secondary N) is 1. The Kier molecular flexibility index (Phi) is 2.14. The first-order valence-electron chi connectivity index (χ1n) is 5.13. The van der Waals surface area contributed by atoms with Gasteiger partial charge in [0.2, 0.25) is 5.91 Å². The summed E-state index contributed by atoms with van der Waals surface area (Å²) in [6, 6.07) is 7.72. The highest BCUT2D eigenvalue weighted by Crippen LogP contribution is 2.35. The molecule has 0 saturated carbocycles. The normalized spacial score (nSPS) is 25.8. The molecule has 1 saturated heterocycles. The van der Waals surface area contributed by atoms with Gasteiger partial charge in [-0.25, -0.2) is 0 Å². The van der Waals surface area contributed by atoms with Gasteiger partial charge in [-0.1, -0.05) is 23.7 Å². The molecule has 1 aliphatic carbocycles. The van der Waals surface area contributed by atoms with E-state index >= 15 is 0 Å². The zero-order valence-electron chi connectivity index (χ0n) is 8.44. The van der Waals surface area contributed by atoms with Crippen LogP contribution in [0.25, 0.3) is 0 Å². The number of benzene rings is 1. The topological polar surface area (TPSA) is 38.3 Å². The van der Waals surface area contributed by atoms with E-state index in [1.165, 1.54) is 0 Å². The summed E-state index contributed by atoms with van der Waals surface area (Å²) in [7, 11) is 0. The van der Waals surface area contributed by atoms with Gasteiger partial charge in [-0.05, 0) is 23.8 Å². The molecule has 2 atom stereocenters. The van der Waals surface area contributed by atoms with Crippen LogP contribution in [-0.2, 0) is 16.1 Å². The van der Waals surface area contributed by atoms with E-state index in [0.717, 1.165) is 11.3 Å². The molecule has 3 nitrogen and oxygen atoms in total. The fourth-order valence-corrected chi connectivity index (χ4v) is 2.15. The van der Waals surface area contributed by atoms with Gasteiger partial charge >= 0.3 is 0 Å². The van der Waals surface area contributed by atoms with Crippen LogP contribution in [0.5, 0.6) is 0 Å². The van der Waals surface area contributed by atoms with Gasteiger partial charge in [0.05, 0.1) is 6.04 Å². The summed E-state index contributed by atoms with van der Waals surface area (Å²) in [6.07, 6.45) is 1.94. The van der Waals surface area contributed by atoms with E-state index in [9.17, 15) is 4.79 Å². The first-order chi connectivity index (χ1) is 7.74. The minimum absolute atomic E-state index is 0.0424. The highest BCUT2D eigenvalue weighted by Gasteiger charge is 2.49. The molecular formula is C12H10ClNO2. The molecule has 1 N–H and O–H groups in total. The third kappa shape index (κ3) is 1.48. The predicted molar refractivity (Wildman–Crippen MR) is 59.7 cm³/mol. The van der Waals surface area contributed by atoms with Crippen molar-refractivity contribution in [2.24, 2.45) is 5.92 Å². The third-order valence-corrected chi connectivity index (χ3v) is 3.13. The standard InChI is InChI=1S/C12H10ClNO2/c13-8-3-1-2-7(4-8)6-16-10-5-9-11(10)12(15)14-9/h1-5,9,11H,6H2,(H,14,15)/t9-,11-/m0/s1. The minimum atomic E-state index is -0.0424. The van der Waals surface area contributed by atoms with Crippen molar-refractivity contribution in [2.75, 3.05) is 0 Å². The van der Waals surface area contributed by atoms with Crippen LogP contribution >= 0.6 is 11.6 Å². The Morgan fingerprint density at radius 2 is 2.31 bits per heavy atom. The van der Waals surface area contributed by atoms with E-state index in [0.29, 0.717) is 11.6 Å². The van der Waals surface area contributed by atoms with Crippen molar-refractivity contribution in [3.8, 4) is 0 Å². The average Bonchev–Trinajstić information content (AvgIpc) is 2.22. The van der Waals surface area contributed by atoms with Gasteiger partial charge in [-0.2, -0.15) is 0 Å². The lowest BCUT2D eigenvalue weighted by Crippen LogP contribution is -2.63. The molecular weight excluding hydrogens is 226 g/mol. The predicted octanol–water partition coefficient (Wildman–Crippen LogP) is 1.87. The van der Waals surface area contributed by atoms with Crippen molar-refractivity contribution >= 4 is 17.5 Å². The van der Waals surface area contributed by atoms with E-state index < -0.39 is 0 Å². The lowest BCUT2D eigenvalue weighted by Gasteiger charge is -2.43. The number of β-lactam (4-membered cyclic amide) rings is 1. The molecule has 1 fully saturated rings. The Morgan fingerprint density at radius 1 is 1.44 bits per heavy atom. The van der Waals surface area contributed by atoms with Gasteiger partial charge in [-0.15, -0.1) is 0 Å². The van der Waals surface area contributed by atoms with Gasteiger partial charge in [-0.3, -0.25) is 4.79 Å². The summed E-state index contributed by atoms with van der Waals surface area (Å²) in [4.78, 5) is 11.1. The fraction of sp³-hybridized carbons (Fsp3) is 0.250. The number of fused-ring (bicyclic) bond motifs is 1. The first kappa shape index (κ1) is 9.73. The molecule has 0 spiro atoms. The molecule has 16 heavy (non-hydrogen) atoms. The second-order valence-corrected chi connectivity index (χ2v) is 4.44. The summed E-state index contributed by atoms with van der Waals surface area (Å²) in [6.45, 7) is 0.461. The molecule has 1 aromatic carbocycles. The molecule has 0 bridgehead atoms. The Labute approximate surface area is 98.0 Å². The van der Waals surface area contributed by atoms with Gasteiger partial charge < -0.3 is 10.1 Å². The van der Waals surface area contributed by atoms with Crippen molar-refractivity contribution in [3.05, 3.63) is 46.7 Å². The maximum Gasteiger partial charge on any atom is 0.233 e. The second kappa shape index (κ2) is 3.52. The maximum atomic E-state index is 11.1. The van der Waals surface area contributed by atoms with E-state index in [1.807, 2.05) is 30.3 Å². The number of hydrogen-bond acceptors (Lipinski definition) is 2. The van der Waals surface area contributed by atoms with Crippen LogP contribution in [0.4, 0.5) is 0 Å². The van der Waals surface area contributed by atoms with Crippen molar-refractivity contribution in [1.82, 2.24) is 5.32 Å². The summed E-state index contributed by atoms with van der Waals surface area (Å²) >= 11 is 5.86. The van der Waals surface area contributed by atoms with Crippen LogP contribution in [0.3, 0.4) is 0 Å². The monoisotopic (exact) mass is 235 g/mol. The van der Waals surface area contributed by atoms with Gasteiger partial charge in [0.1, 0.15) is 18.3 Å². The van der Waals surface area contributed by atoms with E-state index in [-0.39, 0.29) is 17.9 Å². The largest absolute Gasteiger partial charge is 0.493 e. The van der Waals surface area contributed by atoms with Crippen LogP contribution in [0.15, 0.2) is 36.1 Å². The Balaban J connectivity index is 1.62. The molecule has 0 unspecified atom stereocenters. The molecule has 82 valence electrons. The van der Waals surface area contributed by atoms with E-state index in [1.54, 1.807) is 0 Å². The van der Waals surface area contributed by atoms with Crippen molar-refractivity contribution in [1.29, 1.82) is 0 Å². The number of carbonyl (C=O) groups excluding carboxylic acids is 1.